The highest BCUT2D eigenvalue weighted by Crippen LogP contribution is 2.20. The van der Waals surface area contributed by atoms with E-state index in [1.54, 1.807) is 11.3 Å². The third-order valence-electron chi connectivity index (χ3n) is 2.00. The molecule has 2 heterocycles. The second-order valence-corrected chi connectivity index (χ2v) is 4.25. The van der Waals surface area contributed by atoms with Crippen molar-refractivity contribution < 1.29 is 13.5 Å². The first kappa shape index (κ1) is 12.1. The molecule has 0 spiro atoms. The maximum atomic E-state index is 11.8. The lowest BCUT2D eigenvalue weighted by molar-refractivity contribution is 0.0183. The zero-order valence-corrected chi connectivity index (χ0v) is 9.71. The second kappa shape index (κ2) is 5.83. The van der Waals surface area contributed by atoms with Crippen molar-refractivity contribution in [2.75, 3.05) is 13.2 Å². The molecule has 0 fully saturated rings. The van der Waals surface area contributed by atoms with Crippen molar-refractivity contribution in [3.8, 4) is 10.7 Å². The topological polar surface area (TPSA) is 50.8 Å². The number of halogens is 2. The Labute approximate surface area is 101 Å². The summed E-state index contributed by atoms with van der Waals surface area (Å²) in [6.07, 6.45) is -1.98. The van der Waals surface area contributed by atoms with Crippen LogP contribution in [0.1, 0.15) is 5.82 Å². The molecule has 0 aliphatic heterocycles. The molecule has 17 heavy (non-hydrogen) atoms. The van der Waals surface area contributed by atoms with E-state index in [4.69, 9.17) is 4.74 Å². The monoisotopic (exact) mass is 259 g/mol. The van der Waals surface area contributed by atoms with Crippen LogP contribution in [0.5, 0.6) is 0 Å². The van der Waals surface area contributed by atoms with Gasteiger partial charge in [-0.2, -0.15) is 5.10 Å². The fourth-order valence-electron chi connectivity index (χ4n) is 1.26. The summed E-state index contributed by atoms with van der Waals surface area (Å²) in [5, 5.41) is 8.74. The predicted octanol–water partition coefficient (Wildman–Crippen LogP) is 2.36. The average Bonchev–Trinajstić information content (AvgIpc) is 2.94. The first-order valence-corrected chi connectivity index (χ1v) is 5.94. The van der Waals surface area contributed by atoms with Crippen molar-refractivity contribution in [1.82, 2.24) is 15.2 Å². The highest BCUT2D eigenvalue weighted by molar-refractivity contribution is 7.13. The van der Waals surface area contributed by atoms with E-state index in [0.717, 1.165) is 4.88 Å². The molecule has 92 valence electrons. The van der Waals surface area contributed by atoms with Crippen LogP contribution in [0.15, 0.2) is 17.5 Å². The van der Waals surface area contributed by atoms with Crippen molar-refractivity contribution in [2.24, 2.45) is 0 Å². The van der Waals surface area contributed by atoms with Gasteiger partial charge in [-0.05, 0) is 11.4 Å². The third kappa shape index (κ3) is 3.57. The van der Waals surface area contributed by atoms with Gasteiger partial charge >= 0.3 is 0 Å². The van der Waals surface area contributed by atoms with E-state index in [1.807, 2.05) is 17.5 Å². The molecule has 7 heteroatoms. The molecule has 0 aromatic carbocycles. The summed E-state index contributed by atoms with van der Waals surface area (Å²) >= 11 is 1.55. The van der Waals surface area contributed by atoms with E-state index in [0.29, 0.717) is 18.1 Å². The summed E-state index contributed by atoms with van der Waals surface area (Å²) in [7, 11) is 0. The van der Waals surface area contributed by atoms with Gasteiger partial charge < -0.3 is 4.74 Å². The van der Waals surface area contributed by atoms with Crippen LogP contribution in [-0.4, -0.2) is 34.8 Å². The maximum absolute atomic E-state index is 11.8. The molecule has 2 aromatic rings. The summed E-state index contributed by atoms with van der Waals surface area (Å²) in [6.45, 7) is -0.324. The van der Waals surface area contributed by atoms with Gasteiger partial charge in [0.15, 0.2) is 5.82 Å². The zero-order valence-electron chi connectivity index (χ0n) is 8.90. The summed E-state index contributed by atoms with van der Waals surface area (Å²) in [5.41, 5.74) is 0. The van der Waals surface area contributed by atoms with Gasteiger partial charge in [-0.1, -0.05) is 6.07 Å². The van der Waals surface area contributed by atoms with E-state index in [-0.39, 0.29) is 6.61 Å². The second-order valence-electron chi connectivity index (χ2n) is 3.30. The summed E-state index contributed by atoms with van der Waals surface area (Å²) in [5.74, 6) is 1.27. The van der Waals surface area contributed by atoms with Gasteiger partial charge in [0.1, 0.15) is 12.4 Å². The summed E-state index contributed by atoms with van der Waals surface area (Å²) in [4.78, 5) is 5.22. The molecule has 1 N–H and O–H groups in total. The third-order valence-corrected chi connectivity index (χ3v) is 2.87. The highest BCUT2D eigenvalue weighted by atomic mass is 32.1. The van der Waals surface area contributed by atoms with Gasteiger partial charge in [0.25, 0.3) is 6.43 Å². The molecule has 0 saturated carbocycles. The van der Waals surface area contributed by atoms with Crippen molar-refractivity contribution in [3.05, 3.63) is 23.3 Å². The minimum atomic E-state index is -2.42. The Morgan fingerprint density at radius 2 is 2.35 bits per heavy atom. The van der Waals surface area contributed by atoms with Gasteiger partial charge in [0.2, 0.25) is 0 Å². The van der Waals surface area contributed by atoms with Gasteiger partial charge in [0.05, 0.1) is 11.5 Å². The number of hydrogen-bond donors (Lipinski definition) is 1. The molecule has 4 nitrogen and oxygen atoms in total. The average molecular weight is 259 g/mol. The fourth-order valence-corrected chi connectivity index (χ4v) is 1.92. The van der Waals surface area contributed by atoms with Crippen molar-refractivity contribution in [3.63, 3.8) is 0 Å². The lowest BCUT2D eigenvalue weighted by Crippen LogP contribution is -2.07. The molecule has 0 saturated heterocycles. The lowest BCUT2D eigenvalue weighted by atomic mass is 10.4. The van der Waals surface area contributed by atoms with Gasteiger partial charge in [-0.25, -0.2) is 13.8 Å². The smallest absolute Gasteiger partial charge is 0.261 e. The van der Waals surface area contributed by atoms with E-state index >= 15 is 0 Å². The number of hydrogen-bond acceptors (Lipinski definition) is 4. The van der Waals surface area contributed by atoms with E-state index in [1.165, 1.54) is 0 Å². The first-order valence-electron chi connectivity index (χ1n) is 5.07. The van der Waals surface area contributed by atoms with Crippen LogP contribution in [-0.2, 0) is 11.2 Å². The fraction of sp³-hybridized carbons (Fsp3) is 0.400. The Kier molecular flexibility index (Phi) is 4.16. The Balaban J connectivity index is 1.83. The number of aromatic nitrogens is 3. The predicted molar refractivity (Wildman–Crippen MR) is 60.2 cm³/mol. The molecule has 0 amide bonds. The normalized spacial score (nSPS) is 11.2. The quantitative estimate of drug-likeness (QED) is 0.810. The van der Waals surface area contributed by atoms with Gasteiger partial charge in [-0.15, -0.1) is 11.3 Å². The summed E-state index contributed by atoms with van der Waals surface area (Å²) in [6, 6.07) is 3.84. The molecule has 0 bridgehead atoms. The number of H-pyrrole nitrogens is 1. The molecular weight excluding hydrogens is 248 g/mol. The Morgan fingerprint density at radius 3 is 3.06 bits per heavy atom. The first-order chi connectivity index (χ1) is 8.25. The van der Waals surface area contributed by atoms with E-state index < -0.39 is 13.0 Å². The van der Waals surface area contributed by atoms with Crippen molar-refractivity contribution in [1.29, 1.82) is 0 Å². The molecule has 0 unspecified atom stereocenters. The van der Waals surface area contributed by atoms with Crippen LogP contribution in [0.4, 0.5) is 8.78 Å². The van der Waals surface area contributed by atoms with Crippen LogP contribution >= 0.6 is 11.3 Å². The zero-order chi connectivity index (χ0) is 12.1. The highest BCUT2D eigenvalue weighted by Gasteiger charge is 2.07. The number of nitrogens with one attached hydrogen (secondary N) is 1. The van der Waals surface area contributed by atoms with Crippen molar-refractivity contribution >= 4 is 11.3 Å². The van der Waals surface area contributed by atoms with Crippen molar-refractivity contribution in [2.45, 2.75) is 12.8 Å². The van der Waals surface area contributed by atoms with E-state index in [2.05, 4.69) is 15.2 Å². The molecule has 2 rings (SSSR count). The minimum absolute atomic E-state index is 0.212. The number of ether oxygens (including phenoxy) is 1. The number of alkyl halides is 2. The van der Waals surface area contributed by atoms with E-state index in [9.17, 15) is 8.78 Å². The molecular formula is C10H11F2N3OS. The van der Waals surface area contributed by atoms with Gasteiger partial charge in [0, 0.05) is 6.42 Å². The number of nitrogens with zero attached hydrogens (tertiary/aromatic N) is 2. The Bertz CT molecular complexity index is 444. The lowest BCUT2D eigenvalue weighted by Gasteiger charge is -2.00. The molecule has 0 radical (unpaired) electrons. The number of rotatable bonds is 6. The number of aromatic amines is 1. The molecule has 0 atom stereocenters. The Hall–Kier alpha value is -1.34. The molecule has 2 aromatic heterocycles. The SMILES string of the molecule is FC(F)COCCc1nc(-c2cccs2)n[nH]1. The minimum Gasteiger partial charge on any atom is -0.375 e. The van der Waals surface area contributed by atoms with Crippen LogP contribution in [0.3, 0.4) is 0 Å². The van der Waals surface area contributed by atoms with Crippen LogP contribution in [0, 0.1) is 0 Å². The van der Waals surface area contributed by atoms with Crippen LogP contribution in [0.2, 0.25) is 0 Å². The van der Waals surface area contributed by atoms with Crippen LogP contribution < -0.4 is 0 Å². The number of thiophene rings is 1. The maximum Gasteiger partial charge on any atom is 0.261 e. The van der Waals surface area contributed by atoms with Gasteiger partial charge in [-0.3, -0.25) is 5.10 Å². The largest absolute Gasteiger partial charge is 0.375 e. The Morgan fingerprint density at radius 1 is 1.47 bits per heavy atom. The molecule has 0 aliphatic rings. The molecule has 0 aliphatic carbocycles. The standard InChI is InChI=1S/C10H11F2N3OS/c11-8(12)6-16-4-3-9-13-10(15-14-9)7-2-1-5-17-7/h1-2,5,8H,3-4,6H2,(H,13,14,15). The van der Waals surface area contributed by atoms with Crippen LogP contribution in [0.25, 0.3) is 10.7 Å². The summed E-state index contributed by atoms with van der Waals surface area (Å²) < 4.78 is 28.3.